The normalized spacial score (nSPS) is 21.7. The summed E-state index contributed by atoms with van der Waals surface area (Å²) in [6.07, 6.45) is 5.38. The Balaban J connectivity index is 1.23. The second-order valence-corrected chi connectivity index (χ2v) is 9.68. The van der Waals surface area contributed by atoms with Gasteiger partial charge in [-0.2, -0.15) is 0 Å². The van der Waals surface area contributed by atoms with Crippen LogP contribution in [0.1, 0.15) is 47.6 Å². The van der Waals surface area contributed by atoms with E-state index in [1.807, 2.05) is 41.3 Å². The Bertz CT molecular complexity index is 1230. The van der Waals surface area contributed by atoms with Gasteiger partial charge in [0.2, 0.25) is 11.8 Å². The molecule has 2 aromatic carbocycles. The quantitative estimate of drug-likeness (QED) is 0.491. The van der Waals surface area contributed by atoms with Crippen LogP contribution in [-0.4, -0.2) is 69.7 Å². The number of carbonyl (C=O) groups is 3. The predicted octanol–water partition coefficient (Wildman–Crippen LogP) is 2.22. The lowest BCUT2D eigenvalue weighted by atomic mass is 9.82. The van der Waals surface area contributed by atoms with E-state index in [9.17, 15) is 14.4 Å². The van der Waals surface area contributed by atoms with E-state index >= 15 is 0 Å². The highest BCUT2D eigenvalue weighted by Crippen LogP contribution is 2.30. The van der Waals surface area contributed by atoms with E-state index in [0.717, 1.165) is 36.7 Å². The lowest BCUT2D eigenvalue weighted by Crippen LogP contribution is -2.56. The summed E-state index contributed by atoms with van der Waals surface area (Å²) in [5.74, 6) is -0.897. The molecule has 5 rings (SSSR count). The number of nitrogens with one attached hydrogen (secondary N) is 2. The molecule has 2 fully saturated rings. The maximum Gasteiger partial charge on any atom is 0.254 e. The number of fused-ring (bicyclic) bond motifs is 1. The van der Waals surface area contributed by atoms with Crippen molar-refractivity contribution in [3.8, 4) is 0 Å². The number of hydrogen-bond donors (Lipinski definition) is 3. The zero-order valence-electron chi connectivity index (χ0n) is 20.2. The molecule has 0 spiro atoms. The first-order valence-corrected chi connectivity index (χ1v) is 12.6. The summed E-state index contributed by atoms with van der Waals surface area (Å²) in [5.41, 5.74) is 8.65. The van der Waals surface area contributed by atoms with Crippen molar-refractivity contribution in [3.63, 3.8) is 0 Å². The molecule has 1 saturated heterocycles. The number of aromatic nitrogens is 2. The van der Waals surface area contributed by atoms with Crippen molar-refractivity contribution in [3.05, 3.63) is 66.0 Å². The highest BCUT2D eigenvalue weighted by molar-refractivity contribution is 5.97. The van der Waals surface area contributed by atoms with Crippen molar-refractivity contribution >= 4 is 28.8 Å². The molecule has 1 aromatic heterocycles. The first-order valence-electron chi connectivity index (χ1n) is 12.6. The third-order valence-corrected chi connectivity index (χ3v) is 7.51. The van der Waals surface area contributed by atoms with Gasteiger partial charge in [0, 0.05) is 37.8 Å². The van der Waals surface area contributed by atoms with Crippen molar-refractivity contribution in [2.75, 3.05) is 26.2 Å². The standard InChI is InChI=1S/C27H32N6O3/c28-25(34)24(18-6-2-1-3-7-18)31-26(35)20-8-4-5-9-23(20)32-12-14-33(15-13-32)27(36)19-10-11-21-22(16-19)30-17-29-21/h1-3,6-7,10-11,16-17,20,23-24H,4-5,8-9,12-15H2,(H2,28,34)(H,29,30)(H,31,35)/t20-,23-,24+/m1/s1. The van der Waals surface area contributed by atoms with Gasteiger partial charge in [0.1, 0.15) is 6.04 Å². The molecule has 9 nitrogen and oxygen atoms in total. The Morgan fingerprint density at radius 1 is 1.00 bits per heavy atom. The number of imidazole rings is 1. The van der Waals surface area contributed by atoms with Crippen LogP contribution in [0.5, 0.6) is 0 Å². The van der Waals surface area contributed by atoms with Crippen LogP contribution in [0.25, 0.3) is 11.0 Å². The van der Waals surface area contributed by atoms with Crippen molar-refractivity contribution < 1.29 is 14.4 Å². The minimum Gasteiger partial charge on any atom is -0.368 e. The van der Waals surface area contributed by atoms with E-state index in [1.165, 1.54) is 0 Å². The number of piperazine rings is 1. The Kier molecular flexibility index (Phi) is 6.99. The molecule has 1 saturated carbocycles. The number of H-pyrrole nitrogens is 1. The molecule has 0 radical (unpaired) electrons. The maximum atomic E-state index is 13.4. The largest absolute Gasteiger partial charge is 0.368 e. The number of primary amides is 1. The molecular formula is C27H32N6O3. The van der Waals surface area contributed by atoms with Crippen molar-refractivity contribution in [2.24, 2.45) is 11.7 Å². The summed E-state index contributed by atoms with van der Waals surface area (Å²) in [6.45, 7) is 2.64. The van der Waals surface area contributed by atoms with Gasteiger partial charge in [0.15, 0.2) is 0 Å². The molecule has 1 aliphatic carbocycles. The smallest absolute Gasteiger partial charge is 0.254 e. The van der Waals surface area contributed by atoms with Crippen LogP contribution in [0.15, 0.2) is 54.9 Å². The highest BCUT2D eigenvalue weighted by Gasteiger charge is 2.38. The van der Waals surface area contributed by atoms with Crippen molar-refractivity contribution in [2.45, 2.75) is 37.8 Å². The summed E-state index contributed by atoms with van der Waals surface area (Å²) >= 11 is 0. The monoisotopic (exact) mass is 488 g/mol. The van der Waals surface area contributed by atoms with E-state index in [-0.39, 0.29) is 23.8 Å². The summed E-state index contributed by atoms with van der Waals surface area (Å²) < 4.78 is 0. The van der Waals surface area contributed by atoms with Gasteiger partial charge in [0.05, 0.1) is 23.3 Å². The number of rotatable bonds is 6. The molecule has 0 bridgehead atoms. The Morgan fingerprint density at radius 3 is 2.50 bits per heavy atom. The van der Waals surface area contributed by atoms with E-state index in [2.05, 4.69) is 20.2 Å². The molecule has 1 aliphatic heterocycles. The zero-order valence-corrected chi connectivity index (χ0v) is 20.2. The lowest BCUT2D eigenvalue weighted by molar-refractivity contribution is -0.133. The van der Waals surface area contributed by atoms with Crippen LogP contribution in [0.3, 0.4) is 0 Å². The van der Waals surface area contributed by atoms with Crippen LogP contribution < -0.4 is 11.1 Å². The van der Waals surface area contributed by atoms with Gasteiger partial charge in [-0.25, -0.2) is 4.98 Å². The first-order chi connectivity index (χ1) is 17.5. The molecule has 9 heteroatoms. The third-order valence-electron chi connectivity index (χ3n) is 7.51. The second kappa shape index (κ2) is 10.5. The van der Waals surface area contributed by atoms with Gasteiger partial charge in [-0.05, 0) is 36.6 Å². The average Bonchev–Trinajstić information content (AvgIpc) is 3.40. The number of benzene rings is 2. The SMILES string of the molecule is NC(=O)[C@@H](NC(=O)[C@@H]1CCCC[C@H]1N1CCN(C(=O)c2ccc3nc[nH]c3c2)CC1)c1ccccc1. The van der Waals surface area contributed by atoms with E-state index in [4.69, 9.17) is 5.73 Å². The zero-order chi connectivity index (χ0) is 25.1. The summed E-state index contributed by atoms with van der Waals surface area (Å²) in [7, 11) is 0. The van der Waals surface area contributed by atoms with Gasteiger partial charge in [-0.3, -0.25) is 19.3 Å². The molecule has 0 unspecified atom stereocenters. The maximum absolute atomic E-state index is 13.4. The lowest BCUT2D eigenvalue weighted by Gasteiger charge is -2.44. The molecule has 4 N–H and O–H groups in total. The van der Waals surface area contributed by atoms with Gasteiger partial charge >= 0.3 is 0 Å². The van der Waals surface area contributed by atoms with Crippen LogP contribution >= 0.6 is 0 Å². The number of hydrogen-bond acceptors (Lipinski definition) is 5. The Morgan fingerprint density at radius 2 is 1.75 bits per heavy atom. The van der Waals surface area contributed by atoms with E-state index < -0.39 is 11.9 Å². The van der Waals surface area contributed by atoms with E-state index in [0.29, 0.717) is 37.3 Å². The average molecular weight is 489 g/mol. The van der Waals surface area contributed by atoms with Crippen molar-refractivity contribution in [1.82, 2.24) is 25.1 Å². The number of carbonyl (C=O) groups excluding carboxylic acids is 3. The van der Waals surface area contributed by atoms with Gasteiger partial charge in [-0.15, -0.1) is 0 Å². The first kappa shape index (κ1) is 24.0. The van der Waals surface area contributed by atoms with Crippen LogP contribution in [-0.2, 0) is 9.59 Å². The number of amides is 3. The number of nitrogens with zero attached hydrogens (tertiary/aromatic N) is 3. The van der Waals surface area contributed by atoms with Gasteiger partial charge in [0.25, 0.3) is 5.91 Å². The topological polar surface area (TPSA) is 124 Å². The minimum absolute atomic E-state index is 0.0104. The Hall–Kier alpha value is -3.72. The fourth-order valence-corrected chi connectivity index (χ4v) is 5.58. The molecule has 3 aromatic rings. The second-order valence-electron chi connectivity index (χ2n) is 9.68. The van der Waals surface area contributed by atoms with Gasteiger partial charge in [-0.1, -0.05) is 43.2 Å². The molecule has 2 heterocycles. The predicted molar refractivity (Wildman–Crippen MR) is 136 cm³/mol. The highest BCUT2D eigenvalue weighted by atomic mass is 16.2. The molecule has 3 atom stereocenters. The fraction of sp³-hybridized carbons (Fsp3) is 0.407. The summed E-state index contributed by atoms with van der Waals surface area (Å²) in [6, 6.07) is 13.9. The fourth-order valence-electron chi connectivity index (χ4n) is 5.58. The molecule has 36 heavy (non-hydrogen) atoms. The summed E-state index contributed by atoms with van der Waals surface area (Å²) in [5, 5.41) is 2.92. The molecule has 2 aliphatic rings. The van der Waals surface area contributed by atoms with Gasteiger partial charge < -0.3 is 20.9 Å². The minimum atomic E-state index is -0.844. The van der Waals surface area contributed by atoms with Crippen LogP contribution in [0.2, 0.25) is 0 Å². The number of aromatic amines is 1. The van der Waals surface area contributed by atoms with Crippen molar-refractivity contribution in [1.29, 1.82) is 0 Å². The third kappa shape index (κ3) is 4.97. The van der Waals surface area contributed by atoms with Crippen LogP contribution in [0.4, 0.5) is 0 Å². The molecular weight excluding hydrogens is 456 g/mol. The van der Waals surface area contributed by atoms with E-state index in [1.54, 1.807) is 18.5 Å². The number of nitrogens with two attached hydrogens (primary N) is 1. The summed E-state index contributed by atoms with van der Waals surface area (Å²) in [4.78, 5) is 50.1. The Labute approximate surface area is 210 Å². The van der Waals surface area contributed by atoms with Crippen LogP contribution in [0, 0.1) is 5.92 Å². The molecule has 3 amide bonds. The molecule has 188 valence electrons.